The Morgan fingerprint density at radius 1 is 1.35 bits per heavy atom. The minimum Gasteiger partial charge on any atom is -0.101 e. The Balaban J connectivity index is 2.01. The van der Waals surface area contributed by atoms with Gasteiger partial charge in [0.15, 0.2) is 0 Å². The molecule has 138 valence electrons. The number of rotatable bonds is 3. The molecular formula is C26H34. The van der Waals surface area contributed by atoms with Gasteiger partial charge in [-0.2, -0.15) is 0 Å². The lowest BCUT2D eigenvalue weighted by atomic mass is 9.53. The topological polar surface area (TPSA) is 0 Å². The molecule has 26 heavy (non-hydrogen) atoms. The second kappa shape index (κ2) is 7.48. The van der Waals surface area contributed by atoms with Gasteiger partial charge < -0.3 is 0 Å². The van der Waals surface area contributed by atoms with Crippen LogP contribution in [0.2, 0.25) is 0 Å². The van der Waals surface area contributed by atoms with Crippen LogP contribution in [-0.4, -0.2) is 0 Å². The van der Waals surface area contributed by atoms with Gasteiger partial charge in [-0.05, 0) is 91.9 Å². The van der Waals surface area contributed by atoms with Crippen molar-refractivity contribution in [1.82, 2.24) is 0 Å². The maximum atomic E-state index is 4.00. The predicted molar refractivity (Wildman–Crippen MR) is 114 cm³/mol. The third kappa shape index (κ3) is 2.96. The van der Waals surface area contributed by atoms with E-state index in [-0.39, 0.29) is 0 Å². The lowest BCUT2D eigenvalue weighted by molar-refractivity contribution is 0.0713. The smallest absolute Gasteiger partial charge is 0.0320 e. The van der Waals surface area contributed by atoms with E-state index in [0.29, 0.717) is 11.3 Å². The normalized spacial score (nSPS) is 30.7. The van der Waals surface area contributed by atoms with Gasteiger partial charge in [0.05, 0.1) is 0 Å². The van der Waals surface area contributed by atoms with Gasteiger partial charge in [0, 0.05) is 5.56 Å². The molecule has 0 nitrogen and oxygen atoms in total. The Hall–Kier alpha value is -1.74. The first-order valence-corrected chi connectivity index (χ1v) is 10.4. The molecule has 1 fully saturated rings. The summed E-state index contributed by atoms with van der Waals surface area (Å²) in [4.78, 5) is 0. The van der Waals surface area contributed by atoms with Gasteiger partial charge in [-0.3, -0.25) is 0 Å². The molecule has 2 aliphatic rings. The van der Waals surface area contributed by atoms with Gasteiger partial charge in [-0.1, -0.05) is 57.1 Å². The fourth-order valence-electron chi connectivity index (χ4n) is 5.92. The van der Waals surface area contributed by atoms with Gasteiger partial charge in [0.25, 0.3) is 0 Å². The van der Waals surface area contributed by atoms with Gasteiger partial charge >= 0.3 is 0 Å². The summed E-state index contributed by atoms with van der Waals surface area (Å²) in [5, 5.41) is 0. The van der Waals surface area contributed by atoms with Gasteiger partial charge in [-0.15, -0.1) is 5.92 Å². The molecule has 0 saturated heterocycles. The van der Waals surface area contributed by atoms with E-state index in [2.05, 4.69) is 64.3 Å². The highest BCUT2D eigenvalue weighted by Crippen LogP contribution is 2.57. The number of fused-ring (bicyclic) bond motifs is 3. The maximum absolute atomic E-state index is 4.00. The lowest BCUT2D eigenvalue weighted by Gasteiger charge is -2.52. The lowest BCUT2D eigenvalue weighted by Crippen LogP contribution is -2.42. The molecule has 0 radical (unpaired) electrons. The summed E-state index contributed by atoms with van der Waals surface area (Å²) in [5.41, 5.74) is 7.51. The van der Waals surface area contributed by atoms with E-state index in [1.54, 1.807) is 16.7 Å². The Bertz CT molecular complexity index is 782. The van der Waals surface area contributed by atoms with E-state index in [1.807, 2.05) is 13.0 Å². The van der Waals surface area contributed by atoms with E-state index >= 15 is 0 Å². The van der Waals surface area contributed by atoms with E-state index in [9.17, 15) is 0 Å². The number of benzene rings is 1. The van der Waals surface area contributed by atoms with Crippen molar-refractivity contribution in [2.24, 2.45) is 17.3 Å². The minimum absolute atomic E-state index is 0.370. The molecule has 0 aromatic heterocycles. The summed E-state index contributed by atoms with van der Waals surface area (Å²) in [5.74, 6) is 8.62. The van der Waals surface area contributed by atoms with Crippen molar-refractivity contribution >= 4 is 6.08 Å². The zero-order valence-corrected chi connectivity index (χ0v) is 17.3. The highest BCUT2D eigenvalue weighted by Gasteiger charge is 2.47. The van der Waals surface area contributed by atoms with Crippen LogP contribution in [0.1, 0.15) is 88.5 Å². The van der Waals surface area contributed by atoms with Crippen LogP contribution in [0.4, 0.5) is 0 Å². The van der Waals surface area contributed by atoms with E-state index in [4.69, 9.17) is 0 Å². The minimum atomic E-state index is 0.370. The highest BCUT2D eigenvalue weighted by molar-refractivity contribution is 5.61. The van der Waals surface area contributed by atoms with Crippen molar-refractivity contribution in [2.75, 3.05) is 0 Å². The number of aryl methyl sites for hydroxylation is 1. The molecule has 0 bridgehead atoms. The van der Waals surface area contributed by atoms with Crippen molar-refractivity contribution in [1.29, 1.82) is 0 Å². The first-order valence-electron chi connectivity index (χ1n) is 10.4. The van der Waals surface area contributed by atoms with Gasteiger partial charge in [-0.25, -0.2) is 0 Å². The third-order valence-corrected chi connectivity index (χ3v) is 7.54. The summed E-state index contributed by atoms with van der Waals surface area (Å²) in [7, 11) is 0. The quantitative estimate of drug-likeness (QED) is 0.403. The Labute approximate surface area is 160 Å². The number of allylic oxidation sites excluding steroid dienone is 2. The highest BCUT2D eigenvalue weighted by atomic mass is 14.5. The summed E-state index contributed by atoms with van der Waals surface area (Å²) in [6.45, 7) is 15.5. The van der Waals surface area contributed by atoms with E-state index in [1.165, 1.54) is 37.7 Å². The fourth-order valence-corrected chi connectivity index (χ4v) is 5.92. The molecule has 0 heterocycles. The molecule has 4 unspecified atom stereocenters. The van der Waals surface area contributed by atoms with Crippen molar-refractivity contribution in [3.8, 4) is 11.8 Å². The van der Waals surface area contributed by atoms with Crippen LogP contribution >= 0.6 is 0 Å². The van der Waals surface area contributed by atoms with Crippen LogP contribution in [0.5, 0.6) is 0 Å². The Morgan fingerprint density at radius 2 is 2.12 bits per heavy atom. The molecule has 4 atom stereocenters. The first kappa shape index (κ1) is 19.0. The monoisotopic (exact) mass is 346 g/mol. The zero-order valence-electron chi connectivity index (χ0n) is 17.3. The molecular weight excluding hydrogens is 312 g/mol. The third-order valence-electron chi connectivity index (χ3n) is 7.54. The predicted octanol–water partition coefficient (Wildman–Crippen LogP) is 7.14. The standard InChI is InChI=1S/C26H34/c1-7-11-20-17-25-21(16-19(20)8-2)12-13-23-18(5)26(6,15-14-24(23)25)22(9-3)10-4/h8-9,16-18,23-24H,2,10,12-15H2,1,3-6H3/b22-9-. The molecule has 1 saturated carbocycles. The number of hydrogen-bond donors (Lipinski definition) is 0. The van der Waals surface area contributed by atoms with Crippen LogP contribution in [0.3, 0.4) is 0 Å². The zero-order chi connectivity index (χ0) is 18.9. The Morgan fingerprint density at radius 3 is 2.73 bits per heavy atom. The molecule has 0 spiro atoms. The van der Waals surface area contributed by atoms with Crippen LogP contribution in [0.15, 0.2) is 30.4 Å². The van der Waals surface area contributed by atoms with Crippen molar-refractivity contribution < 1.29 is 0 Å². The van der Waals surface area contributed by atoms with Crippen LogP contribution < -0.4 is 0 Å². The van der Waals surface area contributed by atoms with Crippen molar-refractivity contribution in [3.05, 3.63) is 52.6 Å². The Kier molecular flexibility index (Phi) is 5.47. The second-order valence-corrected chi connectivity index (χ2v) is 8.44. The van der Waals surface area contributed by atoms with Crippen LogP contribution in [-0.2, 0) is 6.42 Å². The van der Waals surface area contributed by atoms with Gasteiger partial charge in [0.1, 0.15) is 0 Å². The summed E-state index contributed by atoms with van der Waals surface area (Å²) < 4.78 is 0. The average Bonchev–Trinajstić information content (AvgIpc) is 2.65. The van der Waals surface area contributed by atoms with Crippen molar-refractivity contribution in [2.45, 2.75) is 72.6 Å². The summed E-state index contributed by atoms with van der Waals surface area (Å²) >= 11 is 0. The van der Waals surface area contributed by atoms with E-state index < -0.39 is 0 Å². The molecule has 1 aromatic rings. The first-order chi connectivity index (χ1) is 12.5. The fraction of sp³-hybridized carbons (Fsp3) is 0.538. The molecule has 0 amide bonds. The largest absolute Gasteiger partial charge is 0.101 e. The van der Waals surface area contributed by atoms with Crippen molar-refractivity contribution in [3.63, 3.8) is 0 Å². The van der Waals surface area contributed by atoms with Gasteiger partial charge in [0.2, 0.25) is 0 Å². The molecule has 2 aliphatic carbocycles. The summed E-state index contributed by atoms with van der Waals surface area (Å²) in [6, 6.07) is 4.76. The average molecular weight is 347 g/mol. The molecule has 1 aromatic carbocycles. The molecule has 3 rings (SSSR count). The molecule has 0 N–H and O–H groups in total. The second-order valence-electron chi connectivity index (χ2n) is 8.44. The van der Waals surface area contributed by atoms with Crippen LogP contribution in [0.25, 0.3) is 6.08 Å². The van der Waals surface area contributed by atoms with Crippen LogP contribution in [0, 0.1) is 29.1 Å². The maximum Gasteiger partial charge on any atom is 0.0320 e. The number of hydrogen-bond acceptors (Lipinski definition) is 0. The summed E-state index contributed by atoms with van der Waals surface area (Å²) in [6.07, 6.45) is 10.7. The molecule has 0 aliphatic heterocycles. The van der Waals surface area contributed by atoms with E-state index in [0.717, 1.165) is 17.4 Å². The SMILES string of the molecule is C=Cc1cc2c(cc1C#CC)C1CCC(C)(/C(=C\C)CC)C(C)C1CC2. The molecule has 0 heteroatoms.